The normalized spacial score (nSPS) is 11.8. The Morgan fingerprint density at radius 3 is 2.13 bits per heavy atom. The van der Waals surface area contributed by atoms with E-state index in [1.807, 2.05) is 6.07 Å². The molecule has 0 fully saturated rings. The Bertz CT molecular complexity index is 1280. The van der Waals surface area contributed by atoms with Crippen LogP contribution >= 0.6 is 0 Å². The molecule has 2 N–H and O–H groups in total. The topological polar surface area (TPSA) is 93.1 Å². The van der Waals surface area contributed by atoms with Gasteiger partial charge in [0.2, 0.25) is 0 Å². The van der Waals surface area contributed by atoms with Crippen LogP contribution in [0, 0.1) is 5.92 Å². The van der Waals surface area contributed by atoms with E-state index in [9.17, 15) is 14.7 Å². The molecule has 6 nitrogen and oxygen atoms in total. The number of aliphatic hydroxyl groups is 2. The maximum atomic E-state index is 12.0. The fraction of sp³-hybridized carbons (Fsp3) is 0.394. The van der Waals surface area contributed by atoms with Crippen LogP contribution in [0.2, 0.25) is 0 Å². The van der Waals surface area contributed by atoms with Crippen molar-refractivity contribution in [3.05, 3.63) is 83.4 Å². The fourth-order valence-electron chi connectivity index (χ4n) is 4.34. The third kappa shape index (κ3) is 9.05. The molecule has 3 aromatic carbocycles. The van der Waals surface area contributed by atoms with Gasteiger partial charge in [0.15, 0.2) is 0 Å². The zero-order chi connectivity index (χ0) is 28.2. The number of benzene rings is 3. The van der Waals surface area contributed by atoms with Gasteiger partial charge in [-0.25, -0.2) is 4.79 Å². The minimum Gasteiger partial charge on any atom is -0.465 e. The lowest BCUT2D eigenvalue weighted by Gasteiger charge is -2.13. The van der Waals surface area contributed by atoms with Crippen LogP contribution in [-0.2, 0) is 38.3 Å². The second-order valence-electron chi connectivity index (χ2n) is 10.0. The Hall–Kier alpha value is -3.48. The first-order valence-electron chi connectivity index (χ1n) is 13.7. The van der Waals surface area contributed by atoms with Crippen molar-refractivity contribution in [2.24, 2.45) is 5.92 Å². The summed E-state index contributed by atoms with van der Waals surface area (Å²) in [5, 5.41) is 20.6. The minimum absolute atomic E-state index is 0.0213. The van der Waals surface area contributed by atoms with Gasteiger partial charge in [-0.05, 0) is 64.4 Å². The van der Waals surface area contributed by atoms with Crippen molar-refractivity contribution in [3.63, 3.8) is 0 Å². The number of aliphatic hydroxyl groups excluding tert-OH is 2. The van der Waals surface area contributed by atoms with Gasteiger partial charge in [-0.2, -0.15) is 0 Å². The largest absolute Gasteiger partial charge is 0.465 e. The van der Waals surface area contributed by atoms with E-state index in [0.717, 1.165) is 28.7 Å². The highest BCUT2D eigenvalue weighted by Crippen LogP contribution is 2.28. The van der Waals surface area contributed by atoms with Crippen molar-refractivity contribution in [1.29, 1.82) is 0 Å². The molecule has 0 saturated carbocycles. The molecular weight excluding hydrogens is 492 g/mol. The van der Waals surface area contributed by atoms with Crippen molar-refractivity contribution in [2.75, 3.05) is 26.4 Å². The second-order valence-corrected chi connectivity index (χ2v) is 10.0. The van der Waals surface area contributed by atoms with E-state index in [4.69, 9.17) is 14.6 Å². The van der Waals surface area contributed by atoms with Crippen LogP contribution < -0.4 is 0 Å². The first kappa shape index (κ1) is 30.1. The molecule has 0 aromatic heterocycles. The van der Waals surface area contributed by atoms with Gasteiger partial charge in [0, 0.05) is 12.8 Å². The van der Waals surface area contributed by atoms with E-state index in [-0.39, 0.29) is 25.4 Å². The summed E-state index contributed by atoms with van der Waals surface area (Å²) < 4.78 is 10.6. The van der Waals surface area contributed by atoms with Gasteiger partial charge >= 0.3 is 11.9 Å². The lowest BCUT2D eigenvalue weighted by atomic mass is 9.95. The number of hydrogen-bond acceptors (Lipinski definition) is 6. The van der Waals surface area contributed by atoms with Gasteiger partial charge in [-0.15, -0.1) is 0 Å². The van der Waals surface area contributed by atoms with Crippen LogP contribution in [0.5, 0.6) is 0 Å². The number of carbonyl (C=O) groups excluding carboxylic acids is 2. The number of fused-ring (bicyclic) bond motifs is 1. The van der Waals surface area contributed by atoms with Gasteiger partial charge in [-0.3, -0.25) is 4.79 Å². The number of esters is 2. The summed E-state index contributed by atoms with van der Waals surface area (Å²) in [6.45, 7) is 7.02. The number of aryl methyl sites for hydroxylation is 1. The first-order valence-corrected chi connectivity index (χ1v) is 13.7. The van der Waals surface area contributed by atoms with Crippen LogP contribution in [0.1, 0.15) is 49.8 Å². The Morgan fingerprint density at radius 2 is 1.46 bits per heavy atom. The predicted octanol–water partition coefficient (Wildman–Crippen LogP) is 5.59. The Labute approximate surface area is 231 Å². The van der Waals surface area contributed by atoms with Crippen LogP contribution in [0.15, 0.2) is 66.7 Å². The minimum atomic E-state index is -0.609. The Kier molecular flexibility index (Phi) is 11.7. The molecule has 6 heteroatoms. The summed E-state index contributed by atoms with van der Waals surface area (Å²) in [5.41, 5.74) is 5.44. The highest BCUT2D eigenvalue weighted by molar-refractivity contribution is 5.88. The quantitative estimate of drug-likeness (QED) is 0.151. The summed E-state index contributed by atoms with van der Waals surface area (Å²) in [6.07, 6.45) is 5.75. The van der Waals surface area contributed by atoms with E-state index in [1.54, 1.807) is 6.92 Å². The molecule has 0 saturated heterocycles. The maximum absolute atomic E-state index is 12.0. The average Bonchev–Trinajstić information content (AvgIpc) is 2.95. The molecule has 1 unspecified atom stereocenters. The summed E-state index contributed by atoms with van der Waals surface area (Å²) in [7, 11) is 0. The van der Waals surface area contributed by atoms with Gasteiger partial charge < -0.3 is 19.7 Å². The third-order valence-corrected chi connectivity index (χ3v) is 6.77. The van der Waals surface area contributed by atoms with Gasteiger partial charge in [0.05, 0.1) is 37.9 Å². The van der Waals surface area contributed by atoms with Gasteiger partial charge in [0.1, 0.15) is 0 Å². The predicted molar refractivity (Wildman–Crippen MR) is 154 cm³/mol. The number of ether oxygens (including phenoxy) is 2. The van der Waals surface area contributed by atoms with Crippen molar-refractivity contribution < 1.29 is 29.3 Å². The molecule has 208 valence electrons. The summed E-state index contributed by atoms with van der Waals surface area (Å²) in [5.74, 6) is -1.59. The molecule has 0 heterocycles. The van der Waals surface area contributed by atoms with Crippen molar-refractivity contribution in [1.82, 2.24) is 0 Å². The Balaban J connectivity index is 1.81. The molecule has 0 spiro atoms. The first-order chi connectivity index (χ1) is 18.8. The highest BCUT2D eigenvalue weighted by atomic mass is 16.5. The lowest BCUT2D eigenvalue weighted by molar-refractivity contribution is -0.149. The van der Waals surface area contributed by atoms with Gasteiger partial charge in [-0.1, -0.05) is 74.9 Å². The molecule has 0 aliphatic heterocycles. The summed E-state index contributed by atoms with van der Waals surface area (Å²) in [4.78, 5) is 23.8. The molecular formula is C33H40O6. The molecule has 0 aliphatic rings. The van der Waals surface area contributed by atoms with Crippen molar-refractivity contribution in [3.8, 4) is 11.1 Å². The van der Waals surface area contributed by atoms with E-state index < -0.39 is 24.5 Å². The van der Waals surface area contributed by atoms with E-state index in [2.05, 4.69) is 62.0 Å². The molecule has 0 aliphatic carbocycles. The molecule has 0 amide bonds. The van der Waals surface area contributed by atoms with Crippen LogP contribution in [0.4, 0.5) is 0 Å². The SMILES string of the molecule is C=C(CO)C(=O)OCCc1cc(CCOC(=O)C(C)CO)cc(-c2ccc3cc(CCCCC)ccc3c2)c1. The lowest BCUT2D eigenvalue weighted by Crippen LogP contribution is -2.19. The molecule has 3 aromatic rings. The highest BCUT2D eigenvalue weighted by Gasteiger charge is 2.13. The Morgan fingerprint density at radius 1 is 0.795 bits per heavy atom. The van der Waals surface area contributed by atoms with Crippen molar-refractivity contribution >= 4 is 22.7 Å². The van der Waals surface area contributed by atoms with E-state index in [1.165, 1.54) is 35.6 Å². The second kappa shape index (κ2) is 15.2. The monoisotopic (exact) mass is 532 g/mol. The number of carbonyl (C=O) groups is 2. The van der Waals surface area contributed by atoms with E-state index in [0.29, 0.717) is 12.8 Å². The third-order valence-electron chi connectivity index (χ3n) is 6.77. The average molecular weight is 533 g/mol. The summed E-state index contributed by atoms with van der Waals surface area (Å²) >= 11 is 0. The zero-order valence-corrected chi connectivity index (χ0v) is 23.1. The molecule has 3 rings (SSSR count). The standard InChI is InChI=1S/C33H40O6/c1-4-5-6-7-25-8-9-29-20-30(11-10-28(29)17-25)31-18-26(12-14-38-32(36)23(2)21-34)16-27(19-31)13-15-39-33(37)24(3)22-35/h8-11,16-20,24,34-35H,2,4-7,12-15,21-22H2,1,3H3. The smallest absolute Gasteiger partial charge is 0.335 e. The van der Waals surface area contributed by atoms with E-state index >= 15 is 0 Å². The van der Waals surface area contributed by atoms with Crippen molar-refractivity contribution in [2.45, 2.75) is 52.4 Å². The number of rotatable bonds is 15. The number of hydrogen-bond donors (Lipinski definition) is 2. The number of unbranched alkanes of at least 4 members (excludes halogenated alkanes) is 2. The van der Waals surface area contributed by atoms with Crippen LogP contribution in [0.25, 0.3) is 21.9 Å². The molecule has 39 heavy (non-hydrogen) atoms. The van der Waals surface area contributed by atoms with Crippen LogP contribution in [-0.4, -0.2) is 48.6 Å². The molecule has 1 atom stereocenters. The summed E-state index contributed by atoms with van der Waals surface area (Å²) in [6, 6.07) is 19.3. The molecule has 0 bridgehead atoms. The zero-order valence-electron chi connectivity index (χ0n) is 23.1. The van der Waals surface area contributed by atoms with Crippen LogP contribution in [0.3, 0.4) is 0 Å². The molecule has 0 radical (unpaired) electrons. The van der Waals surface area contributed by atoms with Gasteiger partial charge in [0.25, 0.3) is 0 Å². The fourth-order valence-corrected chi connectivity index (χ4v) is 4.34. The maximum Gasteiger partial charge on any atom is 0.335 e.